The van der Waals surface area contributed by atoms with E-state index in [4.69, 9.17) is 11.6 Å². The maximum atomic E-state index is 11.9. The fourth-order valence-electron chi connectivity index (χ4n) is 1.54. The van der Waals surface area contributed by atoms with Gasteiger partial charge in [-0.1, -0.05) is 17.7 Å². The predicted octanol–water partition coefficient (Wildman–Crippen LogP) is 3.31. The van der Waals surface area contributed by atoms with Crippen molar-refractivity contribution in [3.63, 3.8) is 0 Å². The summed E-state index contributed by atoms with van der Waals surface area (Å²) in [5.74, 6) is -0.421. The topological polar surface area (TPSA) is 69.6 Å². The van der Waals surface area contributed by atoms with Crippen LogP contribution in [0, 0.1) is 6.92 Å². The Labute approximate surface area is 115 Å². The average Bonchev–Trinajstić information content (AvgIpc) is 2.37. The summed E-state index contributed by atoms with van der Waals surface area (Å²) in [5, 5.41) is 21.8. The molecular weight excluding hydrogens is 266 g/mol. The number of benzene rings is 2. The molecule has 4 nitrogen and oxygen atoms in total. The number of phenols is 2. The zero-order valence-corrected chi connectivity index (χ0v) is 10.9. The van der Waals surface area contributed by atoms with Crippen LogP contribution in [0.3, 0.4) is 0 Å². The Morgan fingerprint density at radius 2 is 1.84 bits per heavy atom. The largest absolute Gasteiger partial charge is 0.508 e. The summed E-state index contributed by atoms with van der Waals surface area (Å²) >= 11 is 5.68. The van der Waals surface area contributed by atoms with Gasteiger partial charge in [0.05, 0.1) is 5.02 Å². The summed E-state index contributed by atoms with van der Waals surface area (Å²) in [7, 11) is 0. The van der Waals surface area contributed by atoms with E-state index in [9.17, 15) is 15.0 Å². The molecule has 5 heteroatoms. The molecule has 0 saturated heterocycles. The first-order chi connectivity index (χ1) is 8.97. The van der Waals surface area contributed by atoms with Crippen LogP contribution in [0.25, 0.3) is 0 Å². The van der Waals surface area contributed by atoms with E-state index in [0.717, 1.165) is 0 Å². The zero-order chi connectivity index (χ0) is 14.0. The van der Waals surface area contributed by atoms with Crippen LogP contribution < -0.4 is 5.32 Å². The molecule has 0 heterocycles. The second-order valence-corrected chi connectivity index (χ2v) is 4.53. The van der Waals surface area contributed by atoms with Crippen molar-refractivity contribution in [3.8, 4) is 11.5 Å². The molecule has 0 saturated carbocycles. The van der Waals surface area contributed by atoms with Gasteiger partial charge in [0.25, 0.3) is 5.91 Å². The first-order valence-corrected chi connectivity index (χ1v) is 5.94. The van der Waals surface area contributed by atoms with Crippen molar-refractivity contribution in [2.75, 3.05) is 5.32 Å². The third-order valence-electron chi connectivity index (χ3n) is 2.68. The zero-order valence-electron chi connectivity index (χ0n) is 10.1. The molecule has 1 amide bonds. The van der Waals surface area contributed by atoms with Gasteiger partial charge < -0.3 is 15.5 Å². The number of amides is 1. The lowest BCUT2D eigenvalue weighted by Gasteiger charge is -2.07. The van der Waals surface area contributed by atoms with Crippen LogP contribution in [0.2, 0.25) is 5.02 Å². The van der Waals surface area contributed by atoms with Gasteiger partial charge in [0, 0.05) is 17.3 Å². The summed E-state index contributed by atoms with van der Waals surface area (Å²) < 4.78 is 0. The van der Waals surface area contributed by atoms with Crippen molar-refractivity contribution in [2.24, 2.45) is 0 Å². The van der Waals surface area contributed by atoms with E-state index >= 15 is 0 Å². The molecule has 0 radical (unpaired) electrons. The Bertz CT molecular complexity index is 641. The fraction of sp³-hybridized carbons (Fsp3) is 0.0714. The third kappa shape index (κ3) is 2.98. The average molecular weight is 278 g/mol. The number of hydrogen-bond acceptors (Lipinski definition) is 3. The van der Waals surface area contributed by atoms with Crippen LogP contribution in [0.15, 0.2) is 36.4 Å². The minimum Gasteiger partial charge on any atom is -0.508 e. The Balaban J connectivity index is 2.20. The number of rotatable bonds is 2. The van der Waals surface area contributed by atoms with Gasteiger partial charge in [0.1, 0.15) is 11.5 Å². The summed E-state index contributed by atoms with van der Waals surface area (Å²) in [6.45, 7) is 1.74. The Morgan fingerprint density at radius 3 is 2.47 bits per heavy atom. The number of hydrogen-bond donors (Lipinski definition) is 3. The molecule has 0 bridgehead atoms. The normalized spacial score (nSPS) is 10.2. The number of phenolic OH excluding ortho intramolecular Hbond substituents is 2. The predicted molar refractivity (Wildman–Crippen MR) is 73.9 cm³/mol. The molecule has 0 atom stereocenters. The van der Waals surface area contributed by atoms with Crippen molar-refractivity contribution in [1.29, 1.82) is 0 Å². The Morgan fingerprint density at radius 1 is 1.11 bits per heavy atom. The van der Waals surface area contributed by atoms with Gasteiger partial charge in [0.15, 0.2) is 0 Å². The molecule has 19 heavy (non-hydrogen) atoms. The van der Waals surface area contributed by atoms with E-state index in [-0.39, 0.29) is 22.4 Å². The first kappa shape index (κ1) is 13.2. The third-order valence-corrected chi connectivity index (χ3v) is 2.99. The minimum atomic E-state index is -0.378. The van der Waals surface area contributed by atoms with Crippen molar-refractivity contribution >= 4 is 23.2 Å². The molecule has 0 spiro atoms. The lowest BCUT2D eigenvalue weighted by Crippen LogP contribution is -2.11. The van der Waals surface area contributed by atoms with Crippen LogP contribution in [0.5, 0.6) is 11.5 Å². The molecule has 0 aromatic heterocycles. The molecule has 0 fully saturated rings. The maximum absolute atomic E-state index is 11.9. The second-order valence-electron chi connectivity index (χ2n) is 4.12. The van der Waals surface area contributed by atoms with E-state index < -0.39 is 0 Å². The molecule has 98 valence electrons. The summed E-state index contributed by atoms with van der Waals surface area (Å²) in [4.78, 5) is 11.9. The number of aryl methyl sites for hydroxylation is 1. The number of halogens is 1. The van der Waals surface area contributed by atoms with Crippen LogP contribution in [0.4, 0.5) is 5.69 Å². The molecule has 0 aliphatic heterocycles. The summed E-state index contributed by atoms with van der Waals surface area (Å²) in [5.41, 5.74) is 1.45. The van der Waals surface area contributed by atoms with Crippen molar-refractivity contribution in [1.82, 2.24) is 0 Å². The SMILES string of the molecule is Cc1ccc(C(=O)Nc2ccc(Cl)c(O)c2)cc1O. The smallest absolute Gasteiger partial charge is 0.255 e. The van der Waals surface area contributed by atoms with Gasteiger partial charge in [-0.3, -0.25) is 4.79 Å². The summed E-state index contributed by atoms with van der Waals surface area (Å²) in [6.07, 6.45) is 0. The van der Waals surface area contributed by atoms with Gasteiger partial charge in [-0.05, 0) is 36.8 Å². The second kappa shape index (κ2) is 5.20. The van der Waals surface area contributed by atoms with Gasteiger partial charge in [-0.25, -0.2) is 0 Å². The number of carbonyl (C=O) groups excluding carboxylic acids is 1. The van der Waals surface area contributed by atoms with Crippen LogP contribution >= 0.6 is 11.6 Å². The highest BCUT2D eigenvalue weighted by atomic mass is 35.5. The Hall–Kier alpha value is -2.20. The van der Waals surface area contributed by atoms with E-state index in [2.05, 4.69) is 5.32 Å². The molecule has 3 N–H and O–H groups in total. The monoisotopic (exact) mass is 277 g/mol. The molecule has 2 aromatic rings. The fourth-order valence-corrected chi connectivity index (χ4v) is 1.66. The molecule has 2 aromatic carbocycles. The quantitative estimate of drug-likeness (QED) is 0.789. The van der Waals surface area contributed by atoms with E-state index in [1.807, 2.05) is 0 Å². The molecule has 0 unspecified atom stereocenters. The lowest BCUT2D eigenvalue weighted by atomic mass is 10.1. The maximum Gasteiger partial charge on any atom is 0.255 e. The molecule has 0 aliphatic carbocycles. The number of aromatic hydroxyl groups is 2. The van der Waals surface area contributed by atoms with Gasteiger partial charge >= 0.3 is 0 Å². The van der Waals surface area contributed by atoms with Gasteiger partial charge in [-0.2, -0.15) is 0 Å². The highest BCUT2D eigenvalue weighted by molar-refractivity contribution is 6.32. The van der Waals surface area contributed by atoms with E-state index in [1.165, 1.54) is 18.2 Å². The van der Waals surface area contributed by atoms with Crippen LogP contribution in [0.1, 0.15) is 15.9 Å². The van der Waals surface area contributed by atoms with E-state index in [1.54, 1.807) is 25.1 Å². The highest BCUT2D eigenvalue weighted by Gasteiger charge is 2.09. The Kier molecular flexibility index (Phi) is 3.62. The lowest BCUT2D eigenvalue weighted by molar-refractivity contribution is 0.102. The number of carbonyl (C=O) groups is 1. The number of nitrogens with one attached hydrogen (secondary N) is 1. The van der Waals surface area contributed by atoms with Crippen LogP contribution in [-0.2, 0) is 0 Å². The molecular formula is C14H12ClNO3. The van der Waals surface area contributed by atoms with Crippen molar-refractivity contribution in [2.45, 2.75) is 6.92 Å². The summed E-state index contributed by atoms with van der Waals surface area (Å²) in [6, 6.07) is 9.07. The van der Waals surface area contributed by atoms with E-state index in [0.29, 0.717) is 16.8 Å². The number of anilines is 1. The minimum absolute atomic E-state index is 0.0617. The highest BCUT2D eigenvalue weighted by Crippen LogP contribution is 2.26. The standard InChI is InChI=1S/C14H12ClNO3/c1-8-2-3-9(6-12(8)17)14(19)16-10-4-5-11(15)13(18)7-10/h2-7,17-18H,1H3,(H,16,19). The van der Waals surface area contributed by atoms with Crippen molar-refractivity contribution in [3.05, 3.63) is 52.5 Å². The van der Waals surface area contributed by atoms with Gasteiger partial charge in [-0.15, -0.1) is 0 Å². The van der Waals surface area contributed by atoms with Gasteiger partial charge in [0.2, 0.25) is 0 Å². The first-order valence-electron chi connectivity index (χ1n) is 5.57. The van der Waals surface area contributed by atoms with Crippen molar-refractivity contribution < 1.29 is 15.0 Å². The molecule has 2 rings (SSSR count). The van der Waals surface area contributed by atoms with Crippen LogP contribution in [-0.4, -0.2) is 16.1 Å². The molecule has 0 aliphatic rings.